The summed E-state index contributed by atoms with van der Waals surface area (Å²) in [7, 11) is 0. The number of rotatable bonds is 4. The van der Waals surface area contributed by atoms with Crippen LogP contribution in [0.25, 0.3) is 10.9 Å². The summed E-state index contributed by atoms with van der Waals surface area (Å²) in [6, 6.07) is 15.3. The number of anilines is 1. The molecule has 0 fully saturated rings. The number of nitrogens with zero attached hydrogens (tertiary/aromatic N) is 2. The van der Waals surface area contributed by atoms with Crippen LogP contribution in [0.15, 0.2) is 59.8 Å². The van der Waals surface area contributed by atoms with E-state index in [0.717, 1.165) is 27.3 Å². The average molecular weight is 309 g/mol. The van der Waals surface area contributed by atoms with Crippen LogP contribution in [0.4, 0.5) is 5.69 Å². The average Bonchev–Trinajstić information content (AvgIpc) is 2.54. The molecule has 22 heavy (non-hydrogen) atoms. The standard InChI is InChI=1S/C17H15N3OS/c1-12-10-15(13-6-2-3-7-14(13)19-12)20-16(21)11-22-17-8-4-5-9-18-17/h2-10H,11H2,1H3,(H,19,20,21). The van der Waals surface area contributed by atoms with Gasteiger partial charge in [-0.1, -0.05) is 36.0 Å². The minimum atomic E-state index is -0.0496. The number of fused-ring (bicyclic) bond motifs is 1. The number of aryl methyl sites for hydroxylation is 1. The highest BCUT2D eigenvalue weighted by atomic mass is 32.2. The Hall–Kier alpha value is -2.40. The van der Waals surface area contributed by atoms with Crippen LogP contribution in [-0.2, 0) is 4.79 Å². The van der Waals surface area contributed by atoms with Crippen molar-refractivity contribution in [3.05, 3.63) is 60.4 Å². The summed E-state index contributed by atoms with van der Waals surface area (Å²) >= 11 is 1.42. The van der Waals surface area contributed by atoms with E-state index < -0.39 is 0 Å². The number of nitrogens with one attached hydrogen (secondary N) is 1. The molecule has 0 unspecified atom stereocenters. The number of hydrogen-bond acceptors (Lipinski definition) is 4. The van der Waals surface area contributed by atoms with Crippen molar-refractivity contribution >= 4 is 34.3 Å². The lowest BCUT2D eigenvalue weighted by Crippen LogP contribution is -2.14. The number of hydrogen-bond donors (Lipinski definition) is 1. The van der Waals surface area contributed by atoms with E-state index in [4.69, 9.17) is 0 Å². The van der Waals surface area contributed by atoms with Crippen LogP contribution in [0, 0.1) is 6.92 Å². The summed E-state index contributed by atoms with van der Waals surface area (Å²) in [4.78, 5) is 20.8. The summed E-state index contributed by atoms with van der Waals surface area (Å²) < 4.78 is 0. The van der Waals surface area contributed by atoms with Crippen LogP contribution < -0.4 is 5.32 Å². The van der Waals surface area contributed by atoms with Gasteiger partial charge in [0.1, 0.15) is 0 Å². The minimum absolute atomic E-state index is 0.0496. The quantitative estimate of drug-likeness (QED) is 0.747. The molecule has 3 rings (SSSR count). The second-order valence-corrected chi connectivity index (χ2v) is 5.83. The summed E-state index contributed by atoms with van der Waals surface area (Å²) in [6.07, 6.45) is 1.72. The van der Waals surface area contributed by atoms with Gasteiger partial charge in [0.2, 0.25) is 5.91 Å². The van der Waals surface area contributed by atoms with Crippen LogP contribution in [-0.4, -0.2) is 21.6 Å². The molecule has 3 aromatic rings. The zero-order chi connectivity index (χ0) is 15.4. The number of benzene rings is 1. The van der Waals surface area contributed by atoms with Gasteiger partial charge in [-0.15, -0.1) is 0 Å². The van der Waals surface area contributed by atoms with Gasteiger partial charge in [0.05, 0.1) is 22.0 Å². The Morgan fingerprint density at radius 3 is 2.82 bits per heavy atom. The second-order valence-electron chi connectivity index (χ2n) is 4.83. The molecule has 0 radical (unpaired) electrons. The molecule has 110 valence electrons. The van der Waals surface area contributed by atoms with E-state index in [1.54, 1.807) is 6.20 Å². The lowest BCUT2D eigenvalue weighted by molar-refractivity contribution is -0.113. The second kappa shape index (κ2) is 6.58. The number of carbonyl (C=O) groups excluding carboxylic acids is 1. The first-order valence-electron chi connectivity index (χ1n) is 6.92. The Labute approximate surface area is 133 Å². The molecule has 1 aromatic carbocycles. The van der Waals surface area contributed by atoms with Crippen LogP contribution in [0.5, 0.6) is 0 Å². The van der Waals surface area contributed by atoms with E-state index in [9.17, 15) is 4.79 Å². The highest BCUT2D eigenvalue weighted by Gasteiger charge is 2.08. The lowest BCUT2D eigenvalue weighted by atomic mass is 10.1. The molecule has 0 spiro atoms. The third-order valence-corrected chi connectivity index (χ3v) is 4.05. The molecule has 4 nitrogen and oxygen atoms in total. The van der Waals surface area contributed by atoms with Gasteiger partial charge < -0.3 is 5.32 Å². The molecule has 0 atom stereocenters. The lowest BCUT2D eigenvalue weighted by Gasteiger charge is -2.09. The summed E-state index contributed by atoms with van der Waals surface area (Å²) in [5.41, 5.74) is 2.57. The number of thioether (sulfide) groups is 1. The van der Waals surface area contributed by atoms with Crippen molar-refractivity contribution in [3.8, 4) is 0 Å². The number of para-hydroxylation sites is 1. The Balaban J connectivity index is 1.74. The van der Waals surface area contributed by atoms with Crippen LogP contribution in [0.2, 0.25) is 0 Å². The predicted octanol–water partition coefficient (Wildman–Crippen LogP) is 3.67. The maximum Gasteiger partial charge on any atom is 0.234 e. The van der Waals surface area contributed by atoms with Crippen LogP contribution >= 0.6 is 11.8 Å². The minimum Gasteiger partial charge on any atom is -0.325 e. The summed E-state index contributed by atoms with van der Waals surface area (Å²) in [5, 5.41) is 4.76. The van der Waals surface area contributed by atoms with Crippen molar-refractivity contribution in [2.45, 2.75) is 11.9 Å². The topological polar surface area (TPSA) is 54.9 Å². The molecule has 0 aliphatic carbocycles. The highest BCUT2D eigenvalue weighted by molar-refractivity contribution is 7.99. The molecule has 1 N–H and O–H groups in total. The number of pyridine rings is 2. The largest absolute Gasteiger partial charge is 0.325 e. The Kier molecular flexibility index (Phi) is 4.34. The first-order valence-corrected chi connectivity index (χ1v) is 7.91. The van der Waals surface area contributed by atoms with Crippen molar-refractivity contribution in [1.82, 2.24) is 9.97 Å². The third kappa shape index (κ3) is 3.43. The van der Waals surface area contributed by atoms with Crippen molar-refractivity contribution in [3.63, 3.8) is 0 Å². The van der Waals surface area contributed by atoms with Gasteiger partial charge in [-0.25, -0.2) is 4.98 Å². The zero-order valence-corrected chi connectivity index (χ0v) is 12.9. The van der Waals surface area contributed by atoms with E-state index in [1.165, 1.54) is 11.8 Å². The van der Waals surface area contributed by atoms with E-state index in [-0.39, 0.29) is 5.91 Å². The molecule has 0 saturated carbocycles. The molecule has 2 heterocycles. The van der Waals surface area contributed by atoms with Gasteiger partial charge in [-0.3, -0.25) is 9.78 Å². The predicted molar refractivity (Wildman–Crippen MR) is 90.1 cm³/mol. The fourth-order valence-electron chi connectivity index (χ4n) is 2.17. The fourth-order valence-corrected chi connectivity index (χ4v) is 2.83. The van der Waals surface area contributed by atoms with Gasteiger partial charge in [0.15, 0.2) is 0 Å². The Morgan fingerprint density at radius 1 is 1.18 bits per heavy atom. The molecule has 0 bridgehead atoms. The van der Waals surface area contributed by atoms with Crippen molar-refractivity contribution in [2.75, 3.05) is 11.1 Å². The zero-order valence-electron chi connectivity index (χ0n) is 12.1. The van der Waals surface area contributed by atoms with E-state index in [2.05, 4.69) is 15.3 Å². The smallest absolute Gasteiger partial charge is 0.234 e. The van der Waals surface area contributed by atoms with Gasteiger partial charge in [0, 0.05) is 17.3 Å². The highest BCUT2D eigenvalue weighted by Crippen LogP contribution is 2.23. The first kappa shape index (κ1) is 14.5. The molecule has 1 amide bonds. The fraction of sp³-hybridized carbons (Fsp3) is 0.118. The monoisotopic (exact) mass is 309 g/mol. The van der Waals surface area contributed by atoms with Crippen LogP contribution in [0.3, 0.4) is 0 Å². The van der Waals surface area contributed by atoms with Gasteiger partial charge in [0.25, 0.3) is 0 Å². The van der Waals surface area contributed by atoms with Crippen molar-refractivity contribution in [1.29, 1.82) is 0 Å². The summed E-state index contributed by atoms with van der Waals surface area (Å²) in [6.45, 7) is 1.92. The molecule has 0 saturated heterocycles. The third-order valence-electron chi connectivity index (χ3n) is 3.11. The van der Waals surface area contributed by atoms with E-state index in [1.807, 2.05) is 55.5 Å². The molecule has 5 heteroatoms. The van der Waals surface area contributed by atoms with Gasteiger partial charge in [-0.2, -0.15) is 0 Å². The molecule has 0 aliphatic rings. The normalized spacial score (nSPS) is 10.6. The maximum absolute atomic E-state index is 12.2. The molecule has 0 aliphatic heterocycles. The van der Waals surface area contributed by atoms with E-state index >= 15 is 0 Å². The molecule has 2 aromatic heterocycles. The first-order chi connectivity index (χ1) is 10.7. The molecular formula is C17H15N3OS. The number of carbonyl (C=O) groups is 1. The van der Waals surface area contributed by atoms with E-state index in [0.29, 0.717) is 5.75 Å². The van der Waals surface area contributed by atoms with Gasteiger partial charge in [-0.05, 0) is 31.2 Å². The van der Waals surface area contributed by atoms with Crippen molar-refractivity contribution in [2.24, 2.45) is 0 Å². The van der Waals surface area contributed by atoms with Gasteiger partial charge >= 0.3 is 0 Å². The SMILES string of the molecule is Cc1cc(NC(=O)CSc2ccccn2)c2ccccc2n1. The maximum atomic E-state index is 12.2. The van der Waals surface area contributed by atoms with Crippen LogP contribution in [0.1, 0.15) is 5.69 Å². The van der Waals surface area contributed by atoms with Crippen molar-refractivity contribution < 1.29 is 4.79 Å². The number of amides is 1. The Morgan fingerprint density at radius 2 is 2.00 bits per heavy atom. The number of aromatic nitrogens is 2. The molecular weight excluding hydrogens is 294 g/mol. The summed E-state index contributed by atoms with van der Waals surface area (Å²) in [5.74, 6) is 0.276. The Bertz CT molecular complexity index is 805.